The van der Waals surface area contributed by atoms with Crippen molar-refractivity contribution in [3.63, 3.8) is 0 Å². The lowest BCUT2D eigenvalue weighted by molar-refractivity contribution is -0.138. The minimum absolute atomic E-state index is 0.00309. The molecule has 1 aromatic rings. The van der Waals surface area contributed by atoms with Gasteiger partial charge in [0.25, 0.3) is 5.91 Å². The fourth-order valence-electron chi connectivity index (χ4n) is 6.60. The lowest BCUT2D eigenvalue weighted by Gasteiger charge is -2.34. The van der Waals surface area contributed by atoms with Gasteiger partial charge in [0.05, 0.1) is 6.61 Å². The summed E-state index contributed by atoms with van der Waals surface area (Å²) in [6, 6.07) is 4.16. The maximum Gasteiger partial charge on any atom is 0.389 e. The van der Waals surface area contributed by atoms with Gasteiger partial charge in [-0.1, -0.05) is 11.9 Å². The molecule has 234 valence electrons. The SMILES string of the molecule is COCCN(C(C)=O)c1cc(C)c(CCSN2CCC3(CC2)N=C(C2CCC(CCC(F)(F)F)CC2)NC3=O)c(C)c1. The molecule has 1 spiro atoms. The summed E-state index contributed by atoms with van der Waals surface area (Å²) in [5.41, 5.74) is 3.84. The van der Waals surface area contributed by atoms with Crippen molar-refractivity contribution in [3.8, 4) is 0 Å². The van der Waals surface area contributed by atoms with E-state index in [1.165, 1.54) is 16.7 Å². The second-order valence-corrected chi connectivity index (χ2v) is 13.3. The Morgan fingerprint density at radius 3 is 2.38 bits per heavy atom. The first kappa shape index (κ1) is 32.8. The van der Waals surface area contributed by atoms with Gasteiger partial charge in [-0.05, 0) is 100.0 Å². The fraction of sp³-hybridized carbons (Fsp3) is 0.710. The number of anilines is 1. The molecule has 1 saturated carbocycles. The number of aliphatic imine (C=N–C) groups is 1. The number of benzene rings is 1. The Hall–Kier alpha value is -2.11. The Labute approximate surface area is 252 Å². The number of rotatable bonds is 11. The summed E-state index contributed by atoms with van der Waals surface area (Å²) in [6.45, 7) is 8.33. The smallest absolute Gasteiger partial charge is 0.383 e. The van der Waals surface area contributed by atoms with Gasteiger partial charge < -0.3 is 15.0 Å². The van der Waals surface area contributed by atoms with Crippen LogP contribution in [-0.4, -0.2) is 72.8 Å². The number of carbonyl (C=O) groups is 2. The number of carbonyl (C=O) groups excluding carboxylic acids is 2. The molecule has 11 heteroatoms. The van der Waals surface area contributed by atoms with E-state index in [0.29, 0.717) is 26.0 Å². The van der Waals surface area contributed by atoms with Gasteiger partial charge in [0.15, 0.2) is 0 Å². The Kier molecular flexibility index (Phi) is 11.0. The number of piperidine rings is 1. The number of amides is 2. The average molecular weight is 611 g/mol. The standard InChI is InChI=1S/C31H45F3N4O3S/c1-21-19-26(38(23(3)39)16-17-41-4)20-22(2)27(21)10-18-42-37-14-12-30(13-15-37)29(40)35-28(36-30)25-7-5-24(6-8-25)9-11-31(32,33)34/h19-20,24-25H,5-18H2,1-4H3,(H,35,36,40). The highest BCUT2D eigenvalue weighted by molar-refractivity contribution is 7.97. The summed E-state index contributed by atoms with van der Waals surface area (Å²) in [5, 5.41) is 3.05. The molecule has 2 heterocycles. The van der Waals surface area contributed by atoms with Gasteiger partial charge in [-0.2, -0.15) is 13.2 Å². The molecule has 2 aliphatic heterocycles. The third kappa shape index (κ3) is 8.29. The molecule has 42 heavy (non-hydrogen) atoms. The Bertz CT molecular complexity index is 1120. The van der Waals surface area contributed by atoms with Gasteiger partial charge in [0.1, 0.15) is 11.4 Å². The summed E-state index contributed by atoms with van der Waals surface area (Å²) in [7, 11) is 1.63. The number of hydrogen-bond acceptors (Lipinski definition) is 6. The van der Waals surface area contributed by atoms with Gasteiger partial charge in [0.2, 0.25) is 5.91 Å². The zero-order valence-corrected chi connectivity index (χ0v) is 26.1. The van der Waals surface area contributed by atoms with Crippen LogP contribution in [0.15, 0.2) is 17.1 Å². The number of methoxy groups -OCH3 is 1. The first-order valence-corrected chi connectivity index (χ1v) is 16.1. The van der Waals surface area contributed by atoms with E-state index in [1.807, 2.05) is 0 Å². The molecule has 0 radical (unpaired) electrons. The lowest BCUT2D eigenvalue weighted by atomic mass is 9.79. The first-order chi connectivity index (χ1) is 19.9. The third-order valence-corrected chi connectivity index (χ3v) is 10.3. The molecule has 4 rings (SSSR count). The molecule has 0 bridgehead atoms. The molecule has 2 amide bonds. The zero-order valence-electron chi connectivity index (χ0n) is 25.3. The molecular formula is C31H45F3N4O3S. The minimum atomic E-state index is -4.09. The molecule has 1 N–H and O–H groups in total. The Morgan fingerprint density at radius 1 is 1.17 bits per heavy atom. The van der Waals surface area contributed by atoms with Crippen molar-refractivity contribution in [1.82, 2.24) is 9.62 Å². The van der Waals surface area contributed by atoms with E-state index in [-0.39, 0.29) is 30.1 Å². The Balaban J connectivity index is 1.25. The molecule has 0 atom stereocenters. The molecule has 0 aromatic heterocycles. The third-order valence-electron chi connectivity index (χ3n) is 9.14. The highest BCUT2D eigenvalue weighted by Crippen LogP contribution is 2.38. The minimum Gasteiger partial charge on any atom is -0.383 e. The van der Waals surface area contributed by atoms with Crippen molar-refractivity contribution in [2.75, 3.05) is 44.0 Å². The van der Waals surface area contributed by atoms with Crippen LogP contribution < -0.4 is 10.2 Å². The van der Waals surface area contributed by atoms with E-state index >= 15 is 0 Å². The molecule has 7 nitrogen and oxygen atoms in total. The quantitative estimate of drug-likeness (QED) is 0.311. The van der Waals surface area contributed by atoms with Gasteiger partial charge in [-0.3, -0.25) is 18.9 Å². The fourth-order valence-corrected chi connectivity index (χ4v) is 7.59. The molecule has 0 unspecified atom stereocenters. The van der Waals surface area contributed by atoms with Crippen LogP contribution in [0.25, 0.3) is 0 Å². The number of alkyl halides is 3. The normalized spacial score (nSPS) is 22.7. The van der Waals surface area contributed by atoms with Crippen molar-refractivity contribution < 1.29 is 27.5 Å². The Morgan fingerprint density at radius 2 is 1.81 bits per heavy atom. The number of hydrogen-bond donors (Lipinski definition) is 1. The zero-order chi connectivity index (χ0) is 30.5. The van der Waals surface area contributed by atoms with Crippen LogP contribution in [0.2, 0.25) is 0 Å². The number of aryl methyl sites for hydroxylation is 2. The second-order valence-electron chi connectivity index (χ2n) is 12.1. The lowest BCUT2D eigenvalue weighted by Crippen LogP contribution is -2.47. The summed E-state index contributed by atoms with van der Waals surface area (Å²) in [6.07, 6.45) is 0.761. The van der Waals surface area contributed by atoms with Crippen molar-refractivity contribution >= 4 is 35.3 Å². The van der Waals surface area contributed by atoms with Crippen LogP contribution in [0, 0.1) is 25.7 Å². The van der Waals surface area contributed by atoms with Crippen LogP contribution in [0.5, 0.6) is 0 Å². The van der Waals surface area contributed by atoms with Gasteiger partial charge in [-0.25, -0.2) is 0 Å². The summed E-state index contributed by atoms with van der Waals surface area (Å²) < 4.78 is 45.3. The van der Waals surface area contributed by atoms with Crippen molar-refractivity contribution in [2.45, 2.75) is 90.3 Å². The molecule has 2 fully saturated rings. The maximum atomic E-state index is 13.0. The first-order valence-electron chi connectivity index (χ1n) is 15.1. The van der Waals surface area contributed by atoms with Crippen molar-refractivity contribution in [2.24, 2.45) is 16.8 Å². The monoisotopic (exact) mass is 610 g/mol. The average Bonchev–Trinajstić information content (AvgIpc) is 3.25. The van der Waals surface area contributed by atoms with Crippen molar-refractivity contribution in [1.29, 1.82) is 0 Å². The molecule has 1 saturated heterocycles. The van der Waals surface area contributed by atoms with Crippen LogP contribution in [-0.2, 0) is 20.7 Å². The van der Waals surface area contributed by atoms with Crippen molar-refractivity contribution in [3.05, 3.63) is 28.8 Å². The van der Waals surface area contributed by atoms with Crippen LogP contribution >= 0.6 is 11.9 Å². The van der Waals surface area contributed by atoms with Crippen LogP contribution in [0.3, 0.4) is 0 Å². The van der Waals surface area contributed by atoms with Crippen LogP contribution in [0.4, 0.5) is 18.9 Å². The highest BCUT2D eigenvalue weighted by atomic mass is 32.2. The topological polar surface area (TPSA) is 74.2 Å². The number of halogens is 3. The van der Waals surface area contributed by atoms with Gasteiger partial charge in [-0.15, -0.1) is 0 Å². The summed E-state index contributed by atoms with van der Waals surface area (Å²) >= 11 is 1.81. The largest absolute Gasteiger partial charge is 0.389 e. The van der Waals surface area contributed by atoms with E-state index in [9.17, 15) is 22.8 Å². The number of nitrogens with zero attached hydrogens (tertiary/aromatic N) is 3. The predicted molar refractivity (Wildman–Crippen MR) is 162 cm³/mol. The van der Waals surface area contributed by atoms with Gasteiger partial charge in [0, 0.05) is 57.4 Å². The molecule has 1 aromatic carbocycles. The van der Waals surface area contributed by atoms with Gasteiger partial charge >= 0.3 is 6.18 Å². The van der Waals surface area contributed by atoms with E-state index < -0.39 is 18.1 Å². The maximum absolute atomic E-state index is 13.0. The number of nitrogens with one attached hydrogen (secondary N) is 1. The number of ether oxygens (including phenoxy) is 1. The van der Waals surface area contributed by atoms with Crippen LogP contribution in [0.1, 0.15) is 75.0 Å². The molecule has 3 aliphatic rings. The summed E-state index contributed by atoms with van der Waals surface area (Å²) in [4.78, 5) is 31.9. The van der Waals surface area contributed by atoms with E-state index in [4.69, 9.17) is 9.73 Å². The predicted octanol–water partition coefficient (Wildman–Crippen LogP) is 6.01. The highest BCUT2D eigenvalue weighted by Gasteiger charge is 2.47. The molecule has 1 aliphatic carbocycles. The second kappa shape index (κ2) is 14.1. The summed E-state index contributed by atoms with van der Waals surface area (Å²) in [5.74, 6) is 1.91. The van der Waals surface area contributed by atoms with E-state index in [0.717, 1.165) is 62.5 Å². The number of amidine groups is 1. The van der Waals surface area contributed by atoms with E-state index in [2.05, 4.69) is 35.6 Å². The molecular weight excluding hydrogens is 565 g/mol. The van der Waals surface area contributed by atoms with E-state index in [1.54, 1.807) is 30.9 Å².